The van der Waals surface area contributed by atoms with Crippen LogP contribution in [0.4, 0.5) is 4.79 Å². The fourth-order valence-corrected chi connectivity index (χ4v) is 4.46. The Kier molecular flexibility index (Phi) is 10.5. The minimum absolute atomic E-state index is 0.0446. The van der Waals surface area contributed by atoms with E-state index in [0.717, 1.165) is 16.7 Å². The molecule has 3 N–H and O–H groups in total. The number of methoxy groups -OCH3 is 1. The van der Waals surface area contributed by atoms with E-state index >= 15 is 0 Å². The molecule has 43 heavy (non-hydrogen) atoms. The number of rotatable bonds is 14. The van der Waals surface area contributed by atoms with Crippen LogP contribution in [0.2, 0.25) is 0 Å². The SMILES string of the molecule is COc1ccc(C[C@H](NC(=O)[C@@H](C)NC(=O)OCc2ccccc2)C(=O)NC(Cc2ccccc2)C(=O)C2(C)CO2)cc1. The third-order valence-electron chi connectivity index (χ3n) is 7.19. The molecular formula is C33H37N3O7. The highest BCUT2D eigenvalue weighted by molar-refractivity contribution is 5.98. The number of carbonyl (C=O) groups excluding carboxylic acids is 4. The summed E-state index contributed by atoms with van der Waals surface area (Å²) in [6, 6.07) is 22.7. The highest BCUT2D eigenvalue weighted by atomic mass is 16.6. The summed E-state index contributed by atoms with van der Waals surface area (Å²) >= 11 is 0. The molecule has 3 amide bonds. The topological polar surface area (TPSA) is 135 Å². The lowest BCUT2D eigenvalue weighted by atomic mass is 9.94. The summed E-state index contributed by atoms with van der Waals surface area (Å²) in [5.74, 6) is -0.724. The van der Waals surface area contributed by atoms with Gasteiger partial charge >= 0.3 is 6.09 Å². The maximum Gasteiger partial charge on any atom is 0.408 e. The largest absolute Gasteiger partial charge is 0.497 e. The second-order valence-electron chi connectivity index (χ2n) is 10.7. The van der Waals surface area contributed by atoms with Crippen molar-refractivity contribution in [3.8, 4) is 5.75 Å². The normalized spacial score (nSPS) is 17.5. The highest BCUT2D eigenvalue weighted by Gasteiger charge is 2.50. The van der Waals surface area contributed by atoms with Crippen molar-refractivity contribution in [3.63, 3.8) is 0 Å². The number of hydrogen-bond donors (Lipinski definition) is 3. The van der Waals surface area contributed by atoms with E-state index in [1.165, 1.54) is 6.92 Å². The van der Waals surface area contributed by atoms with Crippen molar-refractivity contribution in [1.29, 1.82) is 0 Å². The lowest BCUT2D eigenvalue weighted by molar-refractivity contribution is -0.133. The number of ether oxygens (including phenoxy) is 3. The van der Waals surface area contributed by atoms with Crippen LogP contribution in [0.15, 0.2) is 84.9 Å². The van der Waals surface area contributed by atoms with Gasteiger partial charge in [0.05, 0.1) is 19.8 Å². The number of Topliss-reactive ketones (excluding diaryl/α,β-unsaturated/α-hetero) is 1. The molecule has 3 aromatic rings. The minimum atomic E-state index is -1.05. The van der Waals surface area contributed by atoms with Crippen molar-refractivity contribution in [1.82, 2.24) is 16.0 Å². The average molecular weight is 588 g/mol. The Labute approximate surface area is 251 Å². The third kappa shape index (κ3) is 9.14. The zero-order chi connectivity index (χ0) is 30.8. The van der Waals surface area contributed by atoms with Gasteiger partial charge in [-0.3, -0.25) is 14.4 Å². The van der Waals surface area contributed by atoms with Gasteiger partial charge in [0, 0.05) is 6.42 Å². The lowest BCUT2D eigenvalue weighted by Crippen LogP contribution is -2.57. The first kappa shape index (κ1) is 31.2. The molecule has 4 atom stereocenters. The Morgan fingerprint density at radius 1 is 0.767 bits per heavy atom. The summed E-state index contributed by atoms with van der Waals surface area (Å²) in [5.41, 5.74) is 1.47. The molecule has 10 heteroatoms. The second-order valence-corrected chi connectivity index (χ2v) is 10.7. The molecule has 1 heterocycles. The maximum absolute atomic E-state index is 13.7. The summed E-state index contributed by atoms with van der Waals surface area (Å²) < 4.78 is 15.8. The number of nitrogens with one attached hydrogen (secondary N) is 3. The van der Waals surface area contributed by atoms with Gasteiger partial charge in [-0.15, -0.1) is 0 Å². The van der Waals surface area contributed by atoms with Crippen molar-refractivity contribution in [3.05, 3.63) is 102 Å². The Morgan fingerprint density at radius 3 is 1.88 bits per heavy atom. The Morgan fingerprint density at radius 2 is 1.30 bits per heavy atom. The van der Waals surface area contributed by atoms with Gasteiger partial charge in [0.1, 0.15) is 30.0 Å². The van der Waals surface area contributed by atoms with Gasteiger partial charge in [0.2, 0.25) is 11.8 Å². The maximum atomic E-state index is 13.7. The standard InChI is InChI=1S/C33H37N3O7/c1-22(34-32(40)42-20-25-12-8-5-9-13-25)30(38)36-28(19-24-14-16-26(41-3)17-15-24)31(39)35-27(29(37)33(2)21-43-33)18-23-10-6-4-7-11-23/h4-17,22,27-28H,18-21H2,1-3H3,(H,34,40)(H,35,39)(H,36,38)/t22-,27?,28+,33?/m1/s1. The third-order valence-corrected chi connectivity index (χ3v) is 7.19. The molecular weight excluding hydrogens is 550 g/mol. The number of hydrogen-bond acceptors (Lipinski definition) is 7. The van der Waals surface area contributed by atoms with Gasteiger partial charge in [0.15, 0.2) is 5.78 Å². The summed E-state index contributed by atoms with van der Waals surface area (Å²) in [7, 11) is 1.55. The smallest absolute Gasteiger partial charge is 0.408 e. The van der Waals surface area contributed by atoms with Gasteiger partial charge in [-0.2, -0.15) is 0 Å². The molecule has 1 aliphatic heterocycles. The van der Waals surface area contributed by atoms with Crippen LogP contribution >= 0.6 is 0 Å². The summed E-state index contributed by atoms with van der Waals surface area (Å²) in [4.78, 5) is 52.6. The van der Waals surface area contributed by atoms with Crippen molar-refractivity contribution in [2.75, 3.05) is 13.7 Å². The van der Waals surface area contributed by atoms with Crippen LogP contribution < -0.4 is 20.7 Å². The average Bonchev–Trinajstić information content (AvgIpc) is 3.78. The molecule has 4 rings (SSSR count). The number of benzene rings is 3. The van der Waals surface area contributed by atoms with E-state index in [4.69, 9.17) is 14.2 Å². The molecule has 226 valence electrons. The van der Waals surface area contributed by atoms with Gasteiger partial charge in [-0.1, -0.05) is 72.8 Å². The van der Waals surface area contributed by atoms with Crippen molar-refractivity contribution in [2.24, 2.45) is 0 Å². The molecule has 1 aliphatic rings. The zero-order valence-electron chi connectivity index (χ0n) is 24.5. The predicted octanol–water partition coefficient (Wildman–Crippen LogP) is 3.12. The van der Waals surface area contributed by atoms with E-state index in [-0.39, 0.29) is 31.8 Å². The molecule has 10 nitrogen and oxygen atoms in total. The quantitative estimate of drug-likeness (QED) is 0.247. The van der Waals surface area contributed by atoms with Crippen LogP contribution in [0, 0.1) is 0 Å². The number of alkyl carbamates (subject to hydrolysis) is 1. The summed E-state index contributed by atoms with van der Waals surface area (Å²) in [6.45, 7) is 3.51. The molecule has 3 aromatic carbocycles. The molecule has 0 bridgehead atoms. The fraction of sp³-hybridized carbons (Fsp3) is 0.333. The van der Waals surface area contributed by atoms with E-state index < -0.39 is 41.6 Å². The van der Waals surface area contributed by atoms with Gasteiger partial charge < -0.3 is 30.2 Å². The number of carbonyl (C=O) groups is 4. The van der Waals surface area contributed by atoms with Gasteiger partial charge in [-0.25, -0.2) is 4.79 Å². The van der Waals surface area contributed by atoms with Gasteiger partial charge in [0.25, 0.3) is 0 Å². The molecule has 0 aromatic heterocycles. The zero-order valence-corrected chi connectivity index (χ0v) is 24.5. The lowest BCUT2D eigenvalue weighted by Gasteiger charge is -2.25. The Balaban J connectivity index is 1.45. The Bertz CT molecular complexity index is 1390. The van der Waals surface area contributed by atoms with E-state index in [1.807, 2.05) is 60.7 Å². The highest BCUT2D eigenvalue weighted by Crippen LogP contribution is 2.29. The molecule has 0 aliphatic carbocycles. The first-order valence-corrected chi connectivity index (χ1v) is 14.1. The number of amides is 3. The molecule has 0 spiro atoms. The number of epoxide rings is 1. The van der Waals surface area contributed by atoms with Crippen LogP contribution in [-0.4, -0.2) is 61.1 Å². The number of ketones is 1. The van der Waals surface area contributed by atoms with Crippen LogP contribution in [0.1, 0.15) is 30.5 Å². The monoisotopic (exact) mass is 587 g/mol. The predicted molar refractivity (Wildman–Crippen MR) is 159 cm³/mol. The van der Waals surface area contributed by atoms with E-state index in [0.29, 0.717) is 5.75 Å². The fourth-order valence-electron chi connectivity index (χ4n) is 4.46. The molecule has 1 saturated heterocycles. The molecule has 0 radical (unpaired) electrons. The van der Waals surface area contributed by atoms with Crippen molar-refractivity contribution < 1.29 is 33.4 Å². The van der Waals surface area contributed by atoms with Gasteiger partial charge in [-0.05, 0) is 49.1 Å². The van der Waals surface area contributed by atoms with Crippen LogP contribution in [0.5, 0.6) is 5.75 Å². The van der Waals surface area contributed by atoms with Crippen molar-refractivity contribution >= 4 is 23.7 Å². The first-order chi connectivity index (χ1) is 20.7. The molecule has 0 saturated carbocycles. The van der Waals surface area contributed by atoms with Crippen LogP contribution in [-0.2, 0) is 43.3 Å². The Hall–Kier alpha value is -4.70. The molecule has 2 unspecified atom stereocenters. The van der Waals surface area contributed by atoms with E-state index in [2.05, 4.69) is 16.0 Å². The second kappa shape index (κ2) is 14.5. The van der Waals surface area contributed by atoms with E-state index in [1.54, 1.807) is 38.3 Å². The minimum Gasteiger partial charge on any atom is -0.497 e. The first-order valence-electron chi connectivity index (χ1n) is 14.1. The van der Waals surface area contributed by atoms with Crippen LogP contribution in [0.3, 0.4) is 0 Å². The summed E-state index contributed by atoms with van der Waals surface area (Å²) in [6.07, 6.45) is -0.375. The van der Waals surface area contributed by atoms with Crippen molar-refractivity contribution in [2.45, 2.75) is 57.0 Å². The molecule has 1 fully saturated rings. The van der Waals surface area contributed by atoms with Crippen LogP contribution in [0.25, 0.3) is 0 Å². The van der Waals surface area contributed by atoms with E-state index in [9.17, 15) is 19.2 Å². The summed E-state index contributed by atoms with van der Waals surface area (Å²) in [5, 5.41) is 8.10.